The highest BCUT2D eigenvalue weighted by molar-refractivity contribution is 6.20. The fraction of sp³-hybridized carbons (Fsp3) is 0.0714. The number of nitrogens with two attached hydrogens (primary N) is 1. The summed E-state index contributed by atoms with van der Waals surface area (Å²) in [7, 11) is 0. The van der Waals surface area contributed by atoms with Gasteiger partial charge in [0.05, 0.1) is 11.3 Å². The number of nitrogen functional groups attached to an aromatic ring is 1. The van der Waals surface area contributed by atoms with Crippen molar-refractivity contribution >= 4 is 23.2 Å². The van der Waals surface area contributed by atoms with Gasteiger partial charge in [0.15, 0.2) is 5.88 Å². The molecule has 1 heterocycles. The lowest BCUT2D eigenvalue weighted by Gasteiger charge is -2.19. The number of hydrogen-bond donors (Lipinski definition) is 3. The van der Waals surface area contributed by atoms with Gasteiger partial charge >= 0.3 is 0 Å². The second kappa shape index (κ2) is 5.49. The van der Waals surface area contributed by atoms with Crippen molar-refractivity contribution in [2.24, 2.45) is 0 Å². The minimum atomic E-state index is -0.727. The monoisotopic (exact) mass is 287 g/mol. The second-order valence-corrected chi connectivity index (χ2v) is 4.37. The van der Waals surface area contributed by atoms with Crippen molar-refractivity contribution in [1.82, 2.24) is 4.98 Å². The van der Waals surface area contributed by atoms with Crippen molar-refractivity contribution in [3.05, 3.63) is 52.3 Å². The average molecular weight is 287 g/mol. The minimum absolute atomic E-state index is 0.103. The number of aromatic amines is 1. The third-order valence-corrected chi connectivity index (χ3v) is 2.72. The van der Waals surface area contributed by atoms with E-state index in [9.17, 15) is 19.5 Å². The average Bonchev–Trinajstić information content (AvgIpc) is 2.37. The Bertz CT molecular complexity index is 767. The van der Waals surface area contributed by atoms with Gasteiger partial charge in [-0.05, 0) is 18.2 Å². The molecule has 0 bridgehead atoms. The van der Waals surface area contributed by atoms with E-state index in [1.54, 1.807) is 18.2 Å². The Morgan fingerprint density at radius 3 is 2.52 bits per heavy atom. The van der Waals surface area contributed by atoms with Crippen LogP contribution in [-0.4, -0.2) is 21.9 Å². The lowest BCUT2D eigenvalue weighted by molar-refractivity contribution is -0.115. The summed E-state index contributed by atoms with van der Waals surface area (Å²) in [5.41, 5.74) is 5.57. The molecule has 0 fully saturated rings. The van der Waals surface area contributed by atoms with Gasteiger partial charge in [0, 0.05) is 24.7 Å². The molecule has 0 aliphatic rings. The van der Waals surface area contributed by atoms with Crippen molar-refractivity contribution in [1.29, 1.82) is 0 Å². The van der Waals surface area contributed by atoms with Gasteiger partial charge in [0.25, 0.3) is 11.5 Å². The maximum absolute atomic E-state index is 12.4. The van der Waals surface area contributed by atoms with Crippen molar-refractivity contribution in [3.8, 4) is 5.88 Å². The number of aromatic nitrogens is 1. The molecule has 2 rings (SSSR count). The van der Waals surface area contributed by atoms with Gasteiger partial charge in [-0.15, -0.1) is 0 Å². The zero-order valence-corrected chi connectivity index (χ0v) is 11.2. The highest BCUT2D eigenvalue weighted by atomic mass is 16.3. The molecule has 4 N–H and O–H groups in total. The molecule has 0 unspecified atom stereocenters. The number of nitrogens with zero attached hydrogens (tertiary/aromatic N) is 1. The maximum Gasteiger partial charge on any atom is 0.265 e. The van der Waals surface area contributed by atoms with E-state index in [1.807, 2.05) is 0 Å². The smallest absolute Gasteiger partial charge is 0.265 e. The molecular weight excluding hydrogens is 274 g/mol. The summed E-state index contributed by atoms with van der Waals surface area (Å²) in [6, 6.07) is 8.31. The highest BCUT2D eigenvalue weighted by Gasteiger charge is 2.22. The van der Waals surface area contributed by atoms with Crippen molar-refractivity contribution < 1.29 is 14.7 Å². The first-order valence-electron chi connectivity index (χ1n) is 6.02. The molecule has 0 radical (unpaired) electrons. The van der Waals surface area contributed by atoms with Crippen LogP contribution in [0.2, 0.25) is 0 Å². The summed E-state index contributed by atoms with van der Waals surface area (Å²) in [4.78, 5) is 38.5. The summed E-state index contributed by atoms with van der Waals surface area (Å²) in [6.07, 6.45) is 0. The largest absolute Gasteiger partial charge is 0.494 e. The van der Waals surface area contributed by atoms with Gasteiger partial charge in [-0.2, -0.15) is 0 Å². The molecule has 2 amide bonds. The van der Waals surface area contributed by atoms with Crippen LogP contribution in [0.25, 0.3) is 0 Å². The van der Waals surface area contributed by atoms with Crippen LogP contribution in [0.3, 0.4) is 0 Å². The Hall–Kier alpha value is -3.09. The van der Waals surface area contributed by atoms with Crippen LogP contribution in [0.4, 0.5) is 11.4 Å². The first-order chi connectivity index (χ1) is 9.88. The normalized spacial score (nSPS) is 10.1. The lowest BCUT2D eigenvalue weighted by Crippen LogP contribution is -2.35. The highest BCUT2D eigenvalue weighted by Crippen LogP contribution is 2.20. The van der Waals surface area contributed by atoms with Crippen LogP contribution >= 0.6 is 0 Å². The van der Waals surface area contributed by atoms with Crippen molar-refractivity contribution in [3.63, 3.8) is 0 Å². The predicted octanol–water partition coefficient (Wildman–Crippen LogP) is 0.856. The molecule has 108 valence electrons. The van der Waals surface area contributed by atoms with Crippen molar-refractivity contribution in [2.75, 3.05) is 10.6 Å². The van der Waals surface area contributed by atoms with Gasteiger partial charge in [0.1, 0.15) is 0 Å². The van der Waals surface area contributed by atoms with E-state index in [0.717, 1.165) is 17.0 Å². The number of carbonyl (C=O) groups is 2. The standard InChI is InChI=1S/C14H13N3O4/c1-8(18)17(11-4-2-3-10(15)7-11)14(21)9-5-12(19)16-13(20)6-9/h2-7H,15H2,1H3,(H2,16,19,20). The number of anilines is 2. The number of nitrogens with one attached hydrogen (secondary N) is 1. The fourth-order valence-corrected chi connectivity index (χ4v) is 1.89. The molecule has 21 heavy (non-hydrogen) atoms. The number of carbonyl (C=O) groups excluding carboxylic acids is 2. The van der Waals surface area contributed by atoms with Crippen LogP contribution in [0.5, 0.6) is 5.88 Å². The SMILES string of the molecule is CC(=O)N(C(=O)c1cc(O)[nH]c(=O)c1)c1cccc(N)c1. The van der Waals surface area contributed by atoms with E-state index in [2.05, 4.69) is 4.98 Å². The number of benzene rings is 1. The number of aromatic hydroxyl groups is 1. The number of pyridine rings is 1. The number of imide groups is 1. The Morgan fingerprint density at radius 1 is 1.24 bits per heavy atom. The number of hydrogen-bond acceptors (Lipinski definition) is 5. The van der Waals surface area contributed by atoms with Gasteiger partial charge < -0.3 is 10.8 Å². The van der Waals surface area contributed by atoms with Gasteiger partial charge in [-0.1, -0.05) is 6.07 Å². The minimum Gasteiger partial charge on any atom is -0.494 e. The summed E-state index contributed by atoms with van der Waals surface area (Å²) < 4.78 is 0. The number of amides is 2. The summed E-state index contributed by atoms with van der Waals surface area (Å²) in [6.45, 7) is 1.22. The molecule has 2 aromatic rings. The van der Waals surface area contributed by atoms with E-state index in [4.69, 9.17) is 5.73 Å². The molecule has 0 aliphatic heterocycles. The van der Waals surface area contributed by atoms with E-state index in [1.165, 1.54) is 13.0 Å². The quantitative estimate of drug-likeness (QED) is 0.708. The second-order valence-electron chi connectivity index (χ2n) is 4.37. The molecule has 0 aliphatic carbocycles. The molecule has 7 heteroatoms. The van der Waals surface area contributed by atoms with Crippen LogP contribution in [0, 0.1) is 0 Å². The topological polar surface area (TPSA) is 116 Å². The Morgan fingerprint density at radius 2 is 1.95 bits per heavy atom. The molecule has 0 spiro atoms. The Kier molecular flexibility index (Phi) is 3.75. The summed E-state index contributed by atoms with van der Waals surface area (Å²) in [5.74, 6) is -1.72. The summed E-state index contributed by atoms with van der Waals surface area (Å²) >= 11 is 0. The predicted molar refractivity (Wildman–Crippen MR) is 77.1 cm³/mol. The number of H-pyrrole nitrogens is 1. The van der Waals surface area contributed by atoms with Crippen LogP contribution in [-0.2, 0) is 4.79 Å². The van der Waals surface area contributed by atoms with E-state index in [0.29, 0.717) is 5.69 Å². The molecule has 0 saturated carbocycles. The molecule has 0 saturated heterocycles. The van der Waals surface area contributed by atoms with E-state index < -0.39 is 23.3 Å². The third kappa shape index (κ3) is 3.08. The van der Waals surface area contributed by atoms with E-state index in [-0.39, 0.29) is 11.3 Å². The zero-order valence-electron chi connectivity index (χ0n) is 11.2. The lowest BCUT2D eigenvalue weighted by atomic mass is 10.2. The van der Waals surface area contributed by atoms with Crippen molar-refractivity contribution in [2.45, 2.75) is 6.92 Å². The third-order valence-electron chi connectivity index (χ3n) is 2.72. The van der Waals surface area contributed by atoms with Crippen LogP contribution < -0.4 is 16.2 Å². The molecule has 1 aromatic carbocycles. The maximum atomic E-state index is 12.4. The molecule has 7 nitrogen and oxygen atoms in total. The fourth-order valence-electron chi connectivity index (χ4n) is 1.89. The van der Waals surface area contributed by atoms with E-state index >= 15 is 0 Å². The Labute approximate surface area is 119 Å². The molecular formula is C14H13N3O4. The van der Waals surface area contributed by atoms with Gasteiger partial charge in [0.2, 0.25) is 5.91 Å². The first-order valence-corrected chi connectivity index (χ1v) is 6.02. The number of rotatable bonds is 2. The molecule has 0 atom stereocenters. The molecule has 1 aromatic heterocycles. The zero-order chi connectivity index (χ0) is 15.6. The summed E-state index contributed by atoms with van der Waals surface area (Å²) in [5, 5.41) is 9.35. The Balaban J connectivity index is 2.50. The van der Waals surface area contributed by atoms with Crippen LogP contribution in [0.1, 0.15) is 17.3 Å². The van der Waals surface area contributed by atoms with Gasteiger partial charge in [-0.3, -0.25) is 19.4 Å². The van der Waals surface area contributed by atoms with Gasteiger partial charge in [-0.25, -0.2) is 4.90 Å². The van der Waals surface area contributed by atoms with Crippen LogP contribution in [0.15, 0.2) is 41.2 Å². The first kappa shape index (κ1) is 14.3.